The van der Waals surface area contributed by atoms with Crippen LogP contribution in [0, 0.1) is 6.92 Å². The quantitative estimate of drug-likeness (QED) is 0.753. The highest BCUT2D eigenvalue weighted by molar-refractivity contribution is 6.07. The van der Waals surface area contributed by atoms with Gasteiger partial charge in [-0.1, -0.05) is 12.1 Å². The first-order valence-electron chi connectivity index (χ1n) is 6.91. The summed E-state index contributed by atoms with van der Waals surface area (Å²) in [4.78, 5) is 32.3. The first kappa shape index (κ1) is 14.6. The fourth-order valence-corrected chi connectivity index (χ4v) is 2.11. The Morgan fingerprint density at radius 3 is 2.65 bits per heavy atom. The molecule has 3 aromatic rings. The molecule has 0 spiro atoms. The Bertz CT molecular complexity index is 902. The highest BCUT2D eigenvalue weighted by atomic mass is 16.2. The Labute approximate surface area is 131 Å². The third-order valence-corrected chi connectivity index (χ3v) is 3.28. The van der Waals surface area contributed by atoms with Crippen molar-refractivity contribution >= 4 is 23.3 Å². The minimum Gasteiger partial charge on any atom is -0.355 e. The van der Waals surface area contributed by atoms with Crippen LogP contribution >= 0.6 is 0 Å². The summed E-state index contributed by atoms with van der Waals surface area (Å²) in [7, 11) is 1.53. The molecule has 0 bridgehead atoms. The summed E-state index contributed by atoms with van der Waals surface area (Å²) in [6.45, 7) is 1.84. The van der Waals surface area contributed by atoms with Gasteiger partial charge in [-0.3, -0.25) is 9.59 Å². The maximum atomic E-state index is 12.3. The lowest BCUT2D eigenvalue weighted by molar-refractivity contribution is 0.0964. The number of carbonyl (C=O) groups excluding carboxylic acids is 2. The molecule has 2 aromatic heterocycles. The van der Waals surface area contributed by atoms with E-state index in [1.807, 2.05) is 6.92 Å². The fraction of sp³-hybridized carbons (Fsp3) is 0.133. The molecule has 8 nitrogen and oxygen atoms in total. The second-order valence-corrected chi connectivity index (χ2v) is 4.81. The molecule has 0 saturated heterocycles. The Balaban J connectivity index is 1.92. The molecule has 2 heterocycles. The number of nitrogens with one attached hydrogen (secondary N) is 2. The number of nitrogens with zero attached hydrogens (tertiary/aromatic N) is 4. The molecule has 0 aliphatic carbocycles. The summed E-state index contributed by atoms with van der Waals surface area (Å²) in [5.74, 6) is -0.471. The number of fused-ring (bicyclic) bond motifs is 1. The molecule has 0 unspecified atom stereocenters. The minimum absolute atomic E-state index is 0.0153. The topological polar surface area (TPSA) is 101 Å². The summed E-state index contributed by atoms with van der Waals surface area (Å²) < 4.78 is 1.49. The van der Waals surface area contributed by atoms with E-state index in [4.69, 9.17) is 0 Å². The van der Waals surface area contributed by atoms with E-state index in [0.29, 0.717) is 17.0 Å². The van der Waals surface area contributed by atoms with Crippen molar-refractivity contribution in [2.75, 3.05) is 12.4 Å². The Morgan fingerprint density at radius 2 is 1.91 bits per heavy atom. The van der Waals surface area contributed by atoms with E-state index in [1.165, 1.54) is 11.6 Å². The molecule has 0 atom stereocenters. The van der Waals surface area contributed by atoms with Crippen molar-refractivity contribution in [1.29, 1.82) is 0 Å². The second kappa shape index (κ2) is 5.84. The van der Waals surface area contributed by atoms with Crippen molar-refractivity contribution in [1.82, 2.24) is 24.9 Å². The number of hydrogen-bond acceptors (Lipinski definition) is 5. The van der Waals surface area contributed by atoms with Crippen LogP contribution in [0.15, 0.2) is 36.5 Å². The second-order valence-electron chi connectivity index (χ2n) is 4.81. The van der Waals surface area contributed by atoms with Crippen molar-refractivity contribution in [3.8, 4) is 0 Å². The van der Waals surface area contributed by atoms with E-state index in [2.05, 4.69) is 25.7 Å². The molecule has 0 saturated carbocycles. The van der Waals surface area contributed by atoms with E-state index in [0.717, 1.165) is 5.69 Å². The molecule has 1 aromatic carbocycles. The summed E-state index contributed by atoms with van der Waals surface area (Å²) in [6, 6.07) is 8.48. The average Bonchev–Trinajstić information content (AvgIpc) is 3.00. The van der Waals surface area contributed by atoms with Gasteiger partial charge in [0.1, 0.15) is 0 Å². The van der Waals surface area contributed by atoms with Crippen LogP contribution in [0.1, 0.15) is 26.7 Å². The molecule has 2 amide bonds. The van der Waals surface area contributed by atoms with E-state index in [-0.39, 0.29) is 11.7 Å². The van der Waals surface area contributed by atoms with Crippen LogP contribution in [0.3, 0.4) is 0 Å². The zero-order valence-corrected chi connectivity index (χ0v) is 12.6. The average molecular weight is 310 g/mol. The maximum absolute atomic E-state index is 12.3. The lowest BCUT2D eigenvalue weighted by Gasteiger charge is -2.08. The standard InChI is InChI=1S/C15H14N6O2/c1-9-7-8-17-15-19-12(20-21(9)15)14(23)18-11-6-4-3-5-10(11)13(22)16-2/h3-8H,1-2H3,(H,16,22)(H,18,23). The smallest absolute Gasteiger partial charge is 0.295 e. The lowest BCUT2D eigenvalue weighted by Crippen LogP contribution is -2.22. The minimum atomic E-state index is -0.508. The van der Waals surface area contributed by atoms with E-state index in [9.17, 15) is 9.59 Å². The van der Waals surface area contributed by atoms with Crippen LogP contribution in [-0.2, 0) is 0 Å². The van der Waals surface area contributed by atoms with Gasteiger partial charge in [-0.05, 0) is 25.1 Å². The van der Waals surface area contributed by atoms with Crippen LogP contribution in [0.25, 0.3) is 5.78 Å². The fourth-order valence-electron chi connectivity index (χ4n) is 2.11. The number of rotatable bonds is 3. The molecular formula is C15H14N6O2. The number of anilines is 1. The van der Waals surface area contributed by atoms with Gasteiger partial charge < -0.3 is 10.6 Å². The van der Waals surface area contributed by atoms with Crippen molar-refractivity contribution in [2.45, 2.75) is 6.92 Å². The number of hydrogen-bond donors (Lipinski definition) is 2. The number of aryl methyl sites for hydroxylation is 1. The predicted octanol–water partition coefficient (Wildman–Crippen LogP) is 1.04. The normalized spacial score (nSPS) is 10.5. The molecule has 23 heavy (non-hydrogen) atoms. The number of amides is 2. The van der Waals surface area contributed by atoms with Crippen LogP contribution in [0.4, 0.5) is 5.69 Å². The molecule has 116 valence electrons. The molecule has 0 aliphatic heterocycles. The summed E-state index contributed by atoms with van der Waals surface area (Å²) in [5, 5.41) is 9.32. The third-order valence-electron chi connectivity index (χ3n) is 3.28. The van der Waals surface area contributed by atoms with Gasteiger partial charge >= 0.3 is 0 Å². The highest BCUT2D eigenvalue weighted by Crippen LogP contribution is 2.15. The van der Waals surface area contributed by atoms with Crippen LogP contribution in [0.5, 0.6) is 0 Å². The summed E-state index contributed by atoms with van der Waals surface area (Å²) in [5.41, 5.74) is 1.56. The molecular weight excluding hydrogens is 296 g/mol. The lowest BCUT2D eigenvalue weighted by atomic mass is 10.1. The first-order valence-corrected chi connectivity index (χ1v) is 6.91. The zero-order valence-electron chi connectivity index (χ0n) is 12.6. The van der Waals surface area contributed by atoms with Gasteiger partial charge in [0.05, 0.1) is 11.3 Å². The number of para-hydroxylation sites is 1. The monoisotopic (exact) mass is 310 g/mol. The maximum Gasteiger partial charge on any atom is 0.295 e. The van der Waals surface area contributed by atoms with Gasteiger partial charge in [0.25, 0.3) is 17.6 Å². The first-order chi connectivity index (χ1) is 11.1. The predicted molar refractivity (Wildman–Crippen MR) is 83.3 cm³/mol. The SMILES string of the molecule is CNC(=O)c1ccccc1NC(=O)c1nc2nccc(C)n2n1. The Hall–Kier alpha value is -3.29. The molecule has 0 radical (unpaired) electrons. The van der Waals surface area contributed by atoms with Gasteiger partial charge in [-0.15, -0.1) is 5.10 Å². The van der Waals surface area contributed by atoms with Crippen molar-refractivity contribution in [3.63, 3.8) is 0 Å². The molecule has 8 heteroatoms. The summed E-state index contributed by atoms with van der Waals surface area (Å²) in [6.07, 6.45) is 1.60. The van der Waals surface area contributed by atoms with E-state index >= 15 is 0 Å². The van der Waals surface area contributed by atoms with Gasteiger partial charge in [-0.25, -0.2) is 9.50 Å². The Kier molecular flexibility index (Phi) is 3.71. The summed E-state index contributed by atoms with van der Waals surface area (Å²) >= 11 is 0. The highest BCUT2D eigenvalue weighted by Gasteiger charge is 2.17. The number of carbonyl (C=O) groups is 2. The van der Waals surface area contributed by atoms with E-state index in [1.54, 1.807) is 36.5 Å². The molecule has 0 aliphatic rings. The van der Waals surface area contributed by atoms with Gasteiger partial charge in [-0.2, -0.15) is 4.98 Å². The molecule has 2 N–H and O–H groups in total. The van der Waals surface area contributed by atoms with Crippen molar-refractivity contribution < 1.29 is 9.59 Å². The Morgan fingerprint density at radius 1 is 1.13 bits per heavy atom. The van der Waals surface area contributed by atoms with Gasteiger partial charge in [0.2, 0.25) is 5.82 Å². The van der Waals surface area contributed by atoms with Gasteiger partial charge in [0, 0.05) is 18.9 Å². The largest absolute Gasteiger partial charge is 0.355 e. The molecule has 0 fully saturated rings. The van der Waals surface area contributed by atoms with Crippen molar-refractivity contribution in [3.05, 3.63) is 53.6 Å². The molecule has 3 rings (SSSR count). The van der Waals surface area contributed by atoms with Gasteiger partial charge in [0.15, 0.2) is 0 Å². The van der Waals surface area contributed by atoms with Crippen LogP contribution in [-0.4, -0.2) is 38.4 Å². The van der Waals surface area contributed by atoms with Crippen LogP contribution in [0.2, 0.25) is 0 Å². The van der Waals surface area contributed by atoms with E-state index < -0.39 is 5.91 Å². The van der Waals surface area contributed by atoms with Crippen LogP contribution < -0.4 is 10.6 Å². The zero-order chi connectivity index (χ0) is 16.4. The van der Waals surface area contributed by atoms with Crippen molar-refractivity contribution in [2.24, 2.45) is 0 Å². The number of benzene rings is 1. The number of aromatic nitrogens is 4. The third kappa shape index (κ3) is 2.73.